The molecule has 0 bridgehead atoms. The molecule has 0 radical (unpaired) electrons. The first kappa shape index (κ1) is 19.6. The minimum Gasteiger partial charge on any atom is -0.493 e. The lowest BCUT2D eigenvalue weighted by Crippen LogP contribution is -3.13. The number of hydrogen-bond donors (Lipinski definition) is 1. The number of nitrogens with zero attached hydrogens (tertiary/aromatic N) is 2. The molecule has 3 rings (SSSR count). The monoisotopic (exact) mass is 386 g/mol. The van der Waals surface area contributed by atoms with E-state index in [0.717, 1.165) is 25.2 Å². The van der Waals surface area contributed by atoms with Crippen LogP contribution in [0, 0.1) is 10.1 Å². The van der Waals surface area contributed by atoms with Gasteiger partial charge in [0, 0.05) is 23.3 Å². The fourth-order valence-electron chi connectivity index (χ4n) is 3.38. The van der Waals surface area contributed by atoms with Gasteiger partial charge in [-0.05, 0) is 30.3 Å². The van der Waals surface area contributed by atoms with Crippen LogP contribution < -0.4 is 14.4 Å². The predicted molar refractivity (Wildman–Crippen MR) is 103 cm³/mol. The average molecular weight is 386 g/mol. The van der Waals surface area contributed by atoms with Crippen molar-refractivity contribution >= 4 is 11.6 Å². The van der Waals surface area contributed by atoms with Crippen LogP contribution in [0.5, 0.6) is 11.5 Å². The summed E-state index contributed by atoms with van der Waals surface area (Å²) in [5, 5.41) is 10.7. The van der Waals surface area contributed by atoms with Crippen LogP contribution in [0.4, 0.5) is 5.69 Å². The Morgan fingerprint density at radius 1 is 1.07 bits per heavy atom. The Balaban J connectivity index is 1.57. The van der Waals surface area contributed by atoms with E-state index in [1.807, 2.05) is 4.90 Å². The second-order valence-corrected chi connectivity index (χ2v) is 6.71. The molecule has 0 aliphatic carbocycles. The third kappa shape index (κ3) is 4.40. The van der Waals surface area contributed by atoms with E-state index >= 15 is 0 Å². The normalized spacial score (nSPS) is 14.6. The summed E-state index contributed by atoms with van der Waals surface area (Å²) in [6, 6.07) is 11.9. The van der Waals surface area contributed by atoms with Crippen molar-refractivity contribution in [2.45, 2.75) is 6.54 Å². The molecule has 148 valence electrons. The Labute approximate surface area is 163 Å². The molecule has 1 amide bonds. The molecule has 1 saturated heterocycles. The summed E-state index contributed by atoms with van der Waals surface area (Å²) in [5.74, 6) is 1.11. The van der Waals surface area contributed by atoms with Gasteiger partial charge in [-0.25, -0.2) is 0 Å². The maximum absolute atomic E-state index is 12.8. The van der Waals surface area contributed by atoms with Crippen molar-refractivity contribution in [3.05, 3.63) is 63.7 Å². The molecular formula is C20H24N3O5+. The third-order valence-electron chi connectivity index (χ3n) is 4.99. The molecule has 1 aliphatic heterocycles. The second kappa shape index (κ2) is 8.71. The standard InChI is InChI=1S/C20H23N3O5/c1-27-18-8-5-16(13-19(18)28-2)20(24)22-11-9-21(10-12-22)14-15-3-6-17(7-4-15)23(25)26/h3-8,13H,9-12,14H2,1-2H3/p+1. The van der Waals surface area contributed by atoms with Crippen molar-refractivity contribution in [1.82, 2.24) is 4.90 Å². The first-order chi connectivity index (χ1) is 13.5. The number of quaternary nitrogens is 1. The van der Waals surface area contributed by atoms with Crippen LogP contribution in [-0.4, -0.2) is 56.1 Å². The lowest BCUT2D eigenvalue weighted by Gasteiger charge is -2.32. The molecule has 0 unspecified atom stereocenters. The van der Waals surface area contributed by atoms with Crippen molar-refractivity contribution < 1.29 is 24.1 Å². The van der Waals surface area contributed by atoms with Crippen molar-refractivity contribution in [2.24, 2.45) is 0 Å². The molecule has 8 nitrogen and oxygen atoms in total. The van der Waals surface area contributed by atoms with Gasteiger partial charge in [-0.3, -0.25) is 14.9 Å². The van der Waals surface area contributed by atoms with E-state index in [0.29, 0.717) is 30.2 Å². The van der Waals surface area contributed by atoms with Gasteiger partial charge < -0.3 is 19.3 Å². The van der Waals surface area contributed by atoms with E-state index in [1.165, 1.54) is 17.0 Å². The van der Waals surface area contributed by atoms with Crippen LogP contribution >= 0.6 is 0 Å². The van der Waals surface area contributed by atoms with Crippen LogP contribution in [0.15, 0.2) is 42.5 Å². The lowest BCUT2D eigenvalue weighted by molar-refractivity contribution is -0.917. The summed E-state index contributed by atoms with van der Waals surface area (Å²) in [5.41, 5.74) is 1.74. The summed E-state index contributed by atoms with van der Waals surface area (Å²) in [4.78, 5) is 26.3. The zero-order valence-corrected chi connectivity index (χ0v) is 16.0. The second-order valence-electron chi connectivity index (χ2n) is 6.71. The minimum absolute atomic E-state index is 0.0182. The van der Waals surface area contributed by atoms with Gasteiger partial charge in [-0.15, -0.1) is 0 Å². The number of hydrogen-bond acceptors (Lipinski definition) is 5. The van der Waals surface area contributed by atoms with E-state index in [2.05, 4.69) is 0 Å². The number of nitrogens with one attached hydrogen (secondary N) is 1. The Bertz CT molecular complexity index is 845. The zero-order chi connectivity index (χ0) is 20.1. The maximum Gasteiger partial charge on any atom is 0.269 e. The number of nitro benzene ring substituents is 1. The summed E-state index contributed by atoms with van der Waals surface area (Å²) in [6.07, 6.45) is 0. The molecule has 2 aromatic carbocycles. The van der Waals surface area contributed by atoms with Crippen LogP contribution in [0.2, 0.25) is 0 Å². The fraction of sp³-hybridized carbons (Fsp3) is 0.350. The van der Waals surface area contributed by atoms with Gasteiger partial charge in [0.25, 0.3) is 11.6 Å². The molecule has 1 N–H and O–H groups in total. The van der Waals surface area contributed by atoms with E-state index < -0.39 is 4.92 Å². The first-order valence-electron chi connectivity index (χ1n) is 9.10. The van der Waals surface area contributed by atoms with Crippen LogP contribution in [0.25, 0.3) is 0 Å². The van der Waals surface area contributed by atoms with Crippen LogP contribution in [-0.2, 0) is 6.54 Å². The number of ether oxygens (including phenoxy) is 2. The van der Waals surface area contributed by atoms with Gasteiger partial charge in [0.15, 0.2) is 11.5 Å². The molecule has 0 aromatic heterocycles. The number of nitro groups is 1. The molecule has 28 heavy (non-hydrogen) atoms. The molecule has 2 aromatic rings. The van der Waals surface area contributed by atoms with E-state index in [-0.39, 0.29) is 11.6 Å². The topological polar surface area (TPSA) is 86.3 Å². The largest absolute Gasteiger partial charge is 0.493 e. The highest BCUT2D eigenvalue weighted by Crippen LogP contribution is 2.28. The number of carbonyl (C=O) groups excluding carboxylic acids is 1. The van der Waals surface area contributed by atoms with Gasteiger partial charge in [0.1, 0.15) is 6.54 Å². The van der Waals surface area contributed by atoms with Crippen LogP contribution in [0.1, 0.15) is 15.9 Å². The summed E-state index contributed by atoms with van der Waals surface area (Å²) in [6.45, 7) is 3.77. The average Bonchev–Trinajstić information content (AvgIpc) is 2.73. The lowest BCUT2D eigenvalue weighted by atomic mass is 10.1. The van der Waals surface area contributed by atoms with Gasteiger partial charge in [0.05, 0.1) is 45.3 Å². The van der Waals surface area contributed by atoms with Crippen molar-refractivity contribution in [2.75, 3.05) is 40.4 Å². The molecule has 1 fully saturated rings. The van der Waals surface area contributed by atoms with Gasteiger partial charge in [-0.1, -0.05) is 0 Å². The SMILES string of the molecule is COc1ccc(C(=O)N2CC[NH+](Cc3ccc([N+](=O)[O-])cc3)CC2)cc1OC. The number of benzene rings is 2. The molecule has 0 spiro atoms. The number of amides is 1. The quantitative estimate of drug-likeness (QED) is 0.595. The highest BCUT2D eigenvalue weighted by atomic mass is 16.6. The number of rotatable bonds is 6. The maximum atomic E-state index is 12.8. The third-order valence-corrected chi connectivity index (χ3v) is 4.99. The highest BCUT2D eigenvalue weighted by molar-refractivity contribution is 5.95. The predicted octanol–water partition coefficient (Wildman–Crippen LogP) is 1.15. The van der Waals surface area contributed by atoms with Crippen molar-refractivity contribution in [3.63, 3.8) is 0 Å². The van der Waals surface area contributed by atoms with Gasteiger partial charge in [-0.2, -0.15) is 0 Å². The Kier molecular flexibility index (Phi) is 6.10. The summed E-state index contributed by atoms with van der Waals surface area (Å²) >= 11 is 0. The molecule has 8 heteroatoms. The Hall–Kier alpha value is -3.13. The number of piperazine rings is 1. The minimum atomic E-state index is -0.394. The molecule has 0 atom stereocenters. The Morgan fingerprint density at radius 2 is 1.71 bits per heavy atom. The highest BCUT2D eigenvalue weighted by Gasteiger charge is 2.25. The van der Waals surface area contributed by atoms with E-state index in [4.69, 9.17) is 9.47 Å². The number of methoxy groups -OCH3 is 2. The van der Waals surface area contributed by atoms with Gasteiger partial charge >= 0.3 is 0 Å². The van der Waals surface area contributed by atoms with Crippen molar-refractivity contribution in [1.29, 1.82) is 0 Å². The number of non-ortho nitro benzene ring substituents is 1. The summed E-state index contributed by atoms with van der Waals surface area (Å²) < 4.78 is 10.5. The van der Waals surface area contributed by atoms with Crippen LogP contribution in [0.3, 0.4) is 0 Å². The first-order valence-corrected chi connectivity index (χ1v) is 9.10. The Morgan fingerprint density at radius 3 is 2.29 bits per heavy atom. The van der Waals surface area contributed by atoms with Gasteiger partial charge in [0.2, 0.25) is 0 Å². The molecule has 1 aliphatic rings. The summed E-state index contributed by atoms with van der Waals surface area (Å²) in [7, 11) is 3.11. The van der Waals surface area contributed by atoms with Crippen molar-refractivity contribution in [3.8, 4) is 11.5 Å². The smallest absolute Gasteiger partial charge is 0.269 e. The molecule has 0 saturated carbocycles. The number of carbonyl (C=O) groups is 1. The fourth-order valence-corrected chi connectivity index (χ4v) is 3.38. The molecular weight excluding hydrogens is 362 g/mol. The van der Waals surface area contributed by atoms with E-state index in [1.54, 1.807) is 44.6 Å². The van der Waals surface area contributed by atoms with E-state index in [9.17, 15) is 14.9 Å². The molecule has 1 heterocycles. The zero-order valence-electron chi connectivity index (χ0n) is 16.0.